The maximum Gasteiger partial charge on any atom is 0.387 e. The summed E-state index contributed by atoms with van der Waals surface area (Å²) in [5.41, 5.74) is 6.26. The fourth-order valence-corrected chi connectivity index (χ4v) is 5.35. The van der Waals surface area contributed by atoms with Gasteiger partial charge in [-0.05, 0) is 55.1 Å². The second-order valence-electron chi connectivity index (χ2n) is 8.62. The molecule has 1 saturated heterocycles. The Hall–Kier alpha value is -0.885. The standard InChI is InChI=1S/C21H25BClIN4O3S.C3H8.2C2H6/c1-13-4-16(23)6-19(18(13)7-17-10-25-9-14(2)30-17)21-20-5-15(8-22(24)31-32-29-3)11-28(20)27-12-26-21;1-3-2;2*1-2/h4-6,11-12,14,17,25H,7-10H2,1-3H3;3H2,1-2H3;2*1-2H3. The molecule has 0 spiro atoms. The first-order valence-corrected chi connectivity index (χ1v) is 16.1. The minimum absolute atomic E-state index is 0.0340. The van der Waals surface area contributed by atoms with Gasteiger partial charge in [-0.2, -0.15) is 5.10 Å². The molecule has 0 bridgehead atoms. The van der Waals surface area contributed by atoms with E-state index >= 15 is 0 Å². The van der Waals surface area contributed by atoms with Gasteiger partial charge in [-0.1, -0.05) is 59.6 Å². The van der Waals surface area contributed by atoms with Crippen molar-refractivity contribution in [3.63, 3.8) is 0 Å². The molecule has 11 heteroatoms. The van der Waals surface area contributed by atoms with Gasteiger partial charge < -0.3 is 14.2 Å². The Kier molecular flexibility index (Phi) is 18.6. The Morgan fingerprint density at radius 2 is 1.90 bits per heavy atom. The second kappa shape index (κ2) is 20.1. The van der Waals surface area contributed by atoms with Crippen LogP contribution in [0.15, 0.2) is 30.7 Å². The Bertz CT molecular complexity index is 1110. The molecule has 1 aromatic carbocycles. The Morgan fingerprint density at radius 1 is 1.21 bits per heavy atom. The number of nitrogens with zero attached hydrogens (tertiary/aromatic N) is 3. The first kappa shape index (κ1) is 36.1. The highest BCUT2D eigenvalue weighted by molar-refractivity contribution is 14.1. The fraction of sp³-hybridized carbons (Fsp3) is 0.571. The van der Waals surface area contributed by atoms with E-state index in [1.54, 1.807) is 13.4 Å². The number of nitrogens with one attached hydrogen (secondary N) is 1. The number of fused-ring (bicyclic) bond motifs is 1. The van der Waals surface area contributed by atoms with Crippen molar-refractivity contribution in [3.8, 4) is 11.3 Å². The average molecular weight is 691 g/mol. The number of benzene rings is 1. The van der Waals surface area contributed by atoms with Crippen molar-refractivity contribution in [2.75, 3.05) is 20.2 Å². The molecule has 0 radical (unpaired) electrons. The molecule has 1 N–H and O–H groups in total. The molecule has 2 unspecified atom stereocenters. The lowest BCUT2D eigenvalue weighted by Crippen LogP contribution is -2.44. The summed E-state index contributed by atoms with van der Waals surface area (Å²) in [6.45, 7) is 18.2. The van der Waals surface area contributed by atoms with E-state index in [0.29, 0.717) is 5.02 Å². The molecule has 1 fully saturated rings. The van der Waals surface area contributed by atoms with E-state index in [0.717, 1.165) is 66.1 Å². The summed E-state index contributed by atoms with van der Waals surface area (Å²) in [6, 6.07) is 6.12. The molecule has 39 heavy (non-hydrogen) atoms. The Balaban J connectivity index is 0.000000996. The molecule has 1 aliphatic heterocycles. The van der Waals surface area contributed by atoms with E-state index in [-0.39, 0.29) is 17.0 Å². The van der Waals surface area contributed by atoms with E-state index < -0.39 is 0 Å². The van der Waals surface area contributed by atoms with Crippen molar-refractivity contribution < 1.29 is 13.0 Å². The second-order valence-corrected chi connectivity index (χ2v) is 11.1. The van der Waals surface area contributed by atoms with Crippen LogP contribution in [0.2, 0.25) is 5.02 Å². The van der Waals surface area contributed by atoms with E-state index in [1.807, 2.05) is 50.5 Å². The van der Waals surface area contributed by atoms with Crippen LogP contribution in [-0.4, -0.2) is 51.8 Å². The molecule has 0 amide bonds. The summed E-state index contributed by atoms with van der Waals surface area (Å²) >= 11 is 9.73. The predicted molar refractivity (Wildman–Crippen MR) is 177 cm³/mol. The van der Waals surface area contributed by atoms with Crippen molar-refractivity contribution in [2.24, 2.45) is 0 Å². The number of morpholine rings is 1. The summed E-state index contributed by atoms with van der Waals surface area (Å²) < 4.78 is 18.5. The van der Waals surface area contributed by atoms with Gasteiger partial charge in [0.25, 0.3) is 0 Å². The highest BCUT2D eigenvalue weighted by atomic mass is 127. The third-order valence-corrected chi connectivity index (χ3v) is 7.13. The third-order valence-electron chi connectivity index (χ3n) is 5.42. The highest BCUT2D eigenvalue weighted by Gasteiger charge is 2.23. The van der Waals surface area contributed by atoms with Crippen LogP contribution in [-0.2, 0) is 25.8 Å². The van der Waals surface area contributed by atoms with Crippen molar-refractivity contribution in [1.29, 1.82) is 0 Å². The summed E-state index contributed by atoms with van der Waals surface area (Å²) in [5.74, 6) is 0. The van der Waals surface area contributed by atoms with Gasteiger partial charge in [-0.25, -0.2) is 9.50 Å². The van der Waals surface area contributed by atoms with Crippen LogP contribution < -0.4 is 5.32 Å². The van der Waals surface area contributed by atoms with Gasteiger partial charge in [-0.3, -0.25) is 4.18 Å². The Morgan fingerprint density at radius 3 is 2.54 bits per heavy atom. The van der Waals surface area contributed by atoms with Crippen molar-refractivity contribution in [2.45, 2.75) is 86.8 Å². The summed E-state index contributed by atoms with van der Waals surface area (Å²) in [4.78, 5) is 4.67. The molecule has 3 aromatic rings. The van der Waals surface area contributed by atoms with E-state index in [9.17, 15) is 0 Å². The molecule has 218 valence electrons. The lowest BCUT2D eigenvalue weighted by atomic mass is 9.91. The van der Waals surface area contributed by atoms with Crippen molar-refractivity contribution >= 4 is 56.6 Å². The van der Waals surface area contributed by atoms with Crippen molar-refractivity contribution in [3.05, 3.63) is 52.4 Å². The van der Waals surface area contributed by atoms with Gasteiger partial charge in [-0.15, -0.1) is 22.4 Å². The Labute approximate surface area is 258 Å². The average Bonchev–Trinajstić information content (AvgIpc) is 3.34. The third kappa shape index (κ3) is 11.5. The lowest BCUT2D eigenvalue weighted by molar-refractivity contribution is -0.0262. The molecule has 1 aliphatic rings. The fourth-order valence-electron chi connectivity index (χ4n) is 4.08. The van der Waals surface area contributed by atoms with E-state index in [2.05, 4.69) is 71.5 Å². The van der Waals surface area contributed by atoms with Gasteiger partial charge in [0.1, 0.15) is 18.7 Å². The zero-order valence-corrected chi connectivity index (χ0v) is 28.6. The quantitative estimate of drug-likeness (QED) is 0.146. The van der Waals surface area contributed by atoms with Crippen LogP contribution in [0, 0.1) is 6.92 Å². The number of hydrogen-bond acceptors (Lipinski definition) is 7. The molecule has 0 saturated carbocycles. The van der Waals surface area contributed by atoms with Gasteiger partial charge in [0.2, 0.25) is 0 Å². The normalized spacial score (nSPS) is 16.3. The van der Waals surface area contributed by atoms with E-state index in [4.69, 9.17) is 24.6 Å². The van der Waals surface area contributed by atoms with Gasteiger partial charge in [0, 0.05) is 36.3 Å². The molecule has 3 heterocycles. The minimum atomic E-state index is -0.0340. The minimum Gasteiger partial charge on any atom is -0.372 e. The maximum atomic E-state index is 6.49. The lowest BCUT2D eigenvalue weighted by Gasteiger charge is -2.30. The molecule has 2 aromatic heterocycles. The summed E-state index contributed by atoms with van der Waals surface area (Å²) in [5, 5.41) is 8.57. The monoisotopic (exact) mass is 690 g/mol. The predicted octanol–water partition coefficient (Wildman–Crippen LogP) is 7.98. The van der Waals surface area contributed by atoms with Gasteiger partial charge in [0.05, 0.1) is 30.5 Å². The SMILES string of the molecule is CC.CC.CCC.COSOB(I)Cc1cc2c(-c3cc(Cl)cc(C)c3CC3CNCC(C)O3)ncnn2c1. The molecule has 0 aliphatic carbocycles. The van der Waals surface area contributed by atoms with Crippen LogP contribution in [0.3, 0.4) is 0 Å². The number of aryl methyl sites for hydroxylation is 1. The highest BCUT2D eigenvalue weighted by Crippen LogP contribution is 2.33. The number of ether oxygens (including phenoxy) is 1. The van der Waals surface area contributed by atoms with E-state index in [1.165, 1.54) is 12.0 Å². The maximum absolute atomic E-state index is 6.49. The largest absolute Gasteiger partial charge is 0.387 e. The first-order chi connectivity index (χ1) is 18.9. The van der Waals surface area contributed by atoms with Gasteiger partial charge >= 0.3 is 4.77 Å². The number of halogens is 2. The zero-order valence-electron chi connectivity index (χ0n) is 24.9. The molecule has 2 atom stereocenters. The summed E-state index contributed by atoms with van der Waals surface area (Å²) in [6.07, 6.45) is 6.67. The smallest absolute Gasteiger partial charge is 0.372 e. The number of hydrogen-bond donors (Lipinski definition) is 1. The van der Waals surface area contributed by atoms with Crippen LogP contribution in [0.4, 0.5) is 0 Å². The number of aromatic nitrogens is 3. The van der Waals surface area contributed by atoms with Crippen LogP contribution >= 0.6 is 46.3 Å². The topological polar surface area (TPSA) is 69.9 Å². The van der Waals surface area contributed by atoms with Crippen LogP contribution in [0.25, 0.3) is 16.8 Å². The molecule has 4 rings (SSSR count). The van der Waals surface area contributed by atoms with Crippen molar-refractivity contribution in [1.82, 2.24) is 19.9 Å². The first-order valence-electron chi connectivity index (χ1n) is 13.8. The zero-order chi connectivity index (χ0) is 29.4. The van der Waals surface area contributed by atoms with Crippen LogP contribution in [0.5, 0.6) is 0 Å². The summed E-state index contributed by atoms with van der Waals surface area (Å²) in [7, 11) is 1.59. The van der Waals surface area contributed by atoms with Crippen LogP contribution in [0.1, 0.15) is 71.6 Å². The molecular formula is C28H45BClIN4O3S. The van der Waals surface area contributed by atoms with Gasteiger partial charge in [0.15, 0.2) is 0 Å². The molecule has 7 nitrogen and oxygen atoms in total. The molecular weight excluding hydrogens is 646 g/mol. The number of rotatable bonds is 8.